The zero-order valence-electron chi connectivity index (χ0n) is 8.88. The van der Waals surface area contributed by atoms with Crippen LogP contribution in [0.3, 0.4) is 0 Å². The summed E-state index contributed by atoms with van der Waals surface area (Å²) in [6, 6.07) is 1.84. The van der Waals surface area contributed by atoms with Crippen LogP contribution in [0.2, 0.25) is 0 Å². The molecule has 2 heterocycles. The Labute approximate surface area is 95.4 Å². The van der Waals surface area contributed by atoms with Gasteiger partial charge in [-0.05, 0) is 12.1 Å². The van der Waals surface area contributed by atoms with E-state index in [0.717, 1.165) is 12.1 Å². The number of piperazine rings is 1. The summed E-state index contributed by atoms with van der Waals surface area (Å²) in [5.74, 6) is -1.91. The standard InChI is InChI=1S/C10H11F3N2O2/c11-10(12,13)8-2-1-7(17-8)9(16)15-5-3-14-4-6-15/h1-2,14H,3-6H2. The second kappa shape index (κ2) is 4.40. The zero-order valence-corrected chi connectivity index (χ0v) is 8.88. The average Bonchev–Trinajstić information content (AvgIpc) is 2.78. The van der Waals surface area contributed by atoms with Crippen LogP contribution in [0.15, 0.2) is 16.5 Å². The SMILES string of the molecule is O=C(c1ccc(C(F)(F)F)o1)N1CCNCC1. The largest absolute Gasteiger partial charge is 0.449 e. The highest BCUT2D eigenvalue weighted by Gasteiger charge is 2.36. The van der Waals surface area contributed by atoms with Crippen LogP contribution in [0.5, 0.6) is 0 Å². The van der Waals surface area contributed by atoms with E-state index in [1.165, 1.54) is 4.90 Å². The molecule has 1 N–H and O–H groups in total. The molecule has 0 atom stereocenters. The Kier molecular flexibility index (Phi) is 3.10. The lowest BCUT2D eigenvalue weighted by atomic mass is 10.3. The van der Waals surface area contributed by atoms with Crippen molar-refractivity contribution in [2.24, 2.45) is 0 Å². The molecule has 1 fully saturated rings. The summed E-state index contributed by atoms with van der Waals surface area (Å²) >= 11 is 0. The molecule has 1 amide bonds. The maximum absolute atomic E-state index is 12.3. The molecule has 0 radical (unpaired) electrons. The summed E-state index contributed by atoms with van der Waals surface area (Å²) < 4.78 is 41.4. The number of amides is 1. The maximum Gasteiger partial charge on any atom is 0.449 e. The quantitative estimate of drug-likeness (QED) is 0.815. The molecule has 4 nitrogen and oxygen atoms in total. The number of hydrogen-bond acceptors (Lipinski definition) is 3. The molecule has 0 saturated carbocycles. The number of carbonyl (C=O) groups excluding carboxylic acids is 1. The third-order valence-electron chi connectivity index (χ3n) is 2.50. The van der Waals surface area contributed by atoms with E-state index in [1.807, 2.05) is 0 Å². The molecule has 0 bridgehead atoms. The third kappa shape index (κ3) is 2.60. The van der Waals surface area contributed by atoms with Crippen molar-refractivity contribution in [2.45, 2.75) is 6.18 Å². The fraction of sp³-hybridized carbons (Fsp3) is 0.500. The third-order valence-corrected chi connectivity index (χ3v) is 2.50. The highest BCUT2D eigenvalue weighted by molar-refractivity contribution is 5.91. The summed E-state index contributed by atoms with van der Waals surface area (Å²) in [6.07, 6.45) is -4.55. The van der Waals surface area contributed by atoms with Gasteiger partial charge in [-0.2, -0.15) is 13.2 Å². The first-order valence-electron chi connectivity index (χ1n) is 5.15. The van der Waals surface area contributed by atoms with Gasteiger partial charge in [-0.1, -0.05) is 0 Å². The van der Waals surface area contributed by atoms with E-state index in [4.69, 9.17) is 0 Å². The molecular formula is C10H11F3N2O2. The van der Waals surface area contributed by atoms with Crippen molar-refractivity contribution in [1.82, 2.24) is 10.2 Å². The minimum atomic E-state index is -4.55. The number of nitrogens with one attached hydrogen (secondary N) is 1. The van der Waals surface area contributed by atoms with Crippen LogP contribution in [0.4, 0.5) is 13.2 Å². The van der Waals surface area contributed by atoms with Gasteiger partial charge in [-0.25, -0.2) is 0 Å². The van der Waals surface area contributed by atoms with Crippen molar-refractivity contribution in [3.05, 3.63) is 23.7 Å². The molecule has 1 aliphatic rings. The van der Waals surface area contributed by atoms with Crippen LogP contribution >= 0.6 is 0 Å². The lowest BCUT2D eigenvalue weighted by Gasteiger charge is -2.26. The van der Waals surface area contributed by atoms with Crippen LogP contribution in [0.25, 0.3) is 0 Å². The van der Waals surface area contributed by atoms with Crippen LogP contribution in [0, 0.1) is 0 Å². The topological polar surface area (TPSA) is 45.5 Å². The van der Waals surface area contributed by atoms with Crippen molar-refractivity contribution < 1.29 is 22.4 Å². The Morgan fingerprint density at radius 2 is 1.94 bits per heavy atom. The smallest absolute Gasteiger partial charge is 0.446 e. The molecule has 17 heavy (non-hydrogen) atoms. The molecule has 2 rings (SSSR count). The number of carbonyl (C=O) groups is 1. The van der Waals surface area contributed by atoms with Crippen molar-refractivity contribution >= 4 is 5.91 Å². The molecule has 0 spiro atoms. The van der Waals surface area contributed by atoms with E-state index in [9.17, 15) is 18.0 Å². The van der Waals surface area contributed by atoms with Crippen LogP contribution in [0.1, 0.15) is 16.3 Å². The number of furan rings is 1. The Morgan fingerprint density at radius 1 is 1.29 bits per heavy atom. The molecular weight excluding hydrogens is 237 g/mol. The fourth-order valence-electron chi connectivity index (χ4n) is 1.63. The lowest BCUT2D eigenvalue weighted by molar-refractivity contribution is -0.153. The Balaban J connectivity index is 2.11. The predicted molar refractivity (Wildman–Crippen MR) is 52.5 cm³/mol. The van der Waals surface area contributed by atoms with Crippen molar-refractivity contribution in [1.29, 1.82) is 0 Å². The first-order chi connectivity index (χ1) is 7.98. The molecule has 0 aromatic carbocycles. The summed E-state index contributed by atoms with van der Waals surface area (Å²) in [7, 11) is 0. The molecule has 0 unspecified atom stereocenters. The monoisotopic (exact) mass is 248 g/mol. The van der Waals surface area contributed by atoms with E-state index in [1.54, 1.807) is 0 Å². The zero-order chi connectivity index (χ0) is 12.5. The first kappa shape index (κ1) is 12.0. The highest BCUT2D eigenvalue weighted by atomic mass is 19.4. The van der Waals surface area contributed by atoms with Crippen LogP contribution in [-0.4, -0.2) is 37.0 Å². The van der Waals surface area contributed by atoms with E-state index < -0.39 is 17.8 Å². The van der Waals surface area contributed by atoms with Gasteiger partial charge in [-0.15, -0.1) is 0 Å². The average molecular weight is 248 g/mol. The normalized spacial score (nSPS) is 17.2. The van der Waals surface area contributed by atoms with Crippen LogP contribution in [-0.2, 0) is 6.18 Å². The van der Waals surface area contributed by atoms with Crippen molar-refractivity contribution in [3.8, 4) is 0 Å². The Morgan fingerprint density at radius 3 is 2.47 bits per heavy atom. The predicted octanol–water partition coefficient (Wildman–Crippen LogP) is 1.34. The van der Waals surface area contributed by atoms with E-state index in [0.29, 0.717) is 26.2 Å². The number of halogens is 3. The molecule has 1 saturated heterocycles. The number of rotatable bonds is 1. The van der Waals surface area contributed by atoms with Gasteiger partial charge in [0.05, 0.1) is 0 Å². The number of hydrogen-bond donors (Lipinski definition) is 1. The second-order valence-corrected chi connectivity index (χ2v) is 3.70. The molecule has 1 aliphatic heterocycles. The summed E-state index contributed by atoms with van der Waals surface area (Å²) in [6.45, 7) is 2.22. The minimum absolute atomic E-state index is 0.265. The minimum Gasteiger partial charge on any atom is -0.446 e. The van der Waals surface area contributed by atoms with Crippen molar-refractivity contribution in [2.75, 3.05) is 26.2 Å². The molecule has 1 aromatic heterocycles. The van der Waals surface area contributed by atoms with Crippen molar-refractivity contribution in [3.63, 3.8) is 0 Å². The van der Waals surface area contributed by atoms with Gasteiger partial charge in [-0.3, -0.25) is 4.79 Å². The second-order valence-electron chi connectivity index (χ2n) is 3.70. The number of alkyl halides is 3. The van der Waals surface area contributed by atoms with E-state index in [-0.39, 0.29) is 5.76 Å². The molecule has 1 aromatic rings. The van der Waals surface area contributed by atoms with E-state index in [2.05, 4.69) is 9.73 Å². The summed E-state index contributed by atoms with van der Waals surface area (Å²) in [5, 5.41) is 3.05. The summed E-state index contributed by atoms with van der Waals surface area (Å²) in [5.41, 5.74) is 0. The molecule has 7 heteroatoms. The first-order valence-corrected chi connectivity index (χ1v) is 5.15. The Bertz CT molecular complexity index is 408. The van der Waals surface area contributed by atoms with Gasteiger partial charge >= 0.3 is 6.18 Å². The van der Waals surface area contributed by atoms with Crippen LogP contribution < -0.4 is 5.32 Å². The molecule has 0 aliphatic carbocycles. The summed E-state index contributed by atoms with van der Waals surface area (Å²) in [4.78, 5) is 13.2. The van der Waals surface area contributed by atoms with Gasteiger partial charge < -0.3 is 14.6 Å². The fourth-order valence-corrected chi connectivity index (χ4v) is 1.63. The van der Waals surface area contributed by atoms with Gasteiger partial charge in [0.15, 0.2) is 5.76 Å². The highest BCUT2D eigenvalue weighted by Crippen LogP contribution is 2.30. The molecule has 94 valence electrons. The van der Waals surface area contributed by atoms with E-state index >= 15 is 0 Å². The van der Waals surface area contributed by atoms with Gasteiger partial charge in [0, 0.05) is 26.2 Å². The van der Waals surface area contributed by atoms with Gasteiger partial charge in [0.25, 0.3) is 5.91 Å². The maximum atomic E-state index is 12.3. The number of nitrogens with zero attached hydrogens (tertiary/aromatic N) is 1. The van der Waals surface area contributed by atoms with Gasteiger partial charge in [0.2, 0.25) is 5.76 Å². The van der Waals surface area contributed by atoms with Gasteiger partial charge in [0.1, 0.15) is 0 Å². The lowest BCUT2D eigenvalue weighted by Crippen LogP contribution is -2.46. The Hall–Kier alpha value is -1.50.